The molecule has 0 saturated heterocycles. The van der Waals surface area contributed by atoms with Crippen molar-refractivity contribution in [2.45, 2.75) is 19.5 Å². The predicted molar refractivity (Wildman–Crippen MR) is 90.5 cm³/mol. The van der Waals surface area contributed by atoms with Crippen LogP contribution in [0.3, 0.4) is 0 Å². The van der Waals surface area contributed by atoms with Crippen LogP contribution in [0, 0.1) is 0 Å². The molecule has 0 spiro atoms. The number of hydrogen-bond acceptors (Lipinski definition) is 5. The zero-order valence-corrected chi connectivity index (χ0v) is 14.1. The minimum absolute atomic E-state index is 0.212. The van der Waals surface area contributed by atoms with Crippen molar-refractivity contribution in [1.82, 2.24) is 19.8 Å². The highest BCUT2D eigenvalue weighted by atomic mass is 16.7. The van der Waals surface area contributed by atoms with Gasteiger partial charge in [-0.25, -0.2) is 9.78 Å². The molecule has 1 aromatic carbocycles. The number of carboxylic acid groups (broad SMARTS) is 1. The number of fused-ring (bicyclic) bond motifs is 1. The Morgan fingerprint density at radius 2 is 2.24 bits per heavy atom. The van der Waals surface area contributed by atoms with E-state index in [-0.39, 0.29) is 6.79 Å². The minimum atomic E-state index is -0.928. The molecule has 1 aliphatic rings. The third-order valence-corrected chi connectivity index (χ3v) is 3.93. The normalized spacial score (nSPS) is 12.4. The van der Waals surface area contributed by atoms with E-state index in [0.717, 1.165) is 24.2 Å². The van der Waals surface area contributed by atoms with E-state index in [0.29, 0.717) is 31.1 Å². The molecule has 2 aromatic rings. The Morgan fingerprint density at radius 3 is 3.00 bits per heavy atom. The summed E-state index contributed by atoms with van der Waals surface area (Å²) in [4.78, 5) is 17.1. The van der Waals surface area contributed by atoms with Gasteiger partial charge in [0.05, 0.1) is 12.0 Å². The van der Waals surface area contributed by atoms with Gasteiger partial charge in [-0.15, -0.1) is 0 Å². The summed E-state index contributed by atoms with van der Waals surface area (Å²) in [7, 11) is 1.93. The Labute approximate surface area is 146 Å². The second-order valence-electron chi connectivity index (χ2n) is 5.95. The fourth-order valence-corrected chi connectivity index (χ4v) is 2.67. The van der Waals surface area contributed by atoms with Crippen LogP contribution >= 0.6 is 0 Å². The summed E-state index contributed by atoms with van der Waals surface area (Å²) in [6.07, 6.45) is 3.51. The summed E-state index contributed by atoms with van der Waals surface area (Å²) in [5.74, 6) is 1.37. The summed E-state index contributed by atoms with van der Waals surface area (Å²) in [5, 5.41) is 12.7. The number of nitrogens with one attached hydrogen (secondary N) is 1. The van der Waals surface area contributed by atoms with E-state index in [9.17, 15) is 9.90 Å². The van der Waals surface area contributed by atoms with Gasteiger partial charge in [0.25, 0.3) is 0 Å². The van der Waals surface area contributed by atoms with Crippen LogP contribution in [0.5, 0.6) is 11.5 Å². The first-order valence-corrected chi connectivity index (χ1v) is 8.16. The number of imidazole rings is 1. The smallest absolute Gasteiger partial charge is 0.407 e. The predicted octanol–water partition coefficient (Wildman–Crippen LogP) is 1.81. The van der Waals surface area contributed by atoms with E-state index in [4.69, 9.17) is 9.47 Å². The number of nitrogens with zero attached hydrogens (tertiary/aromatic N) is 3. The molecule has 0 unspecified atom stereocenters. The van der Waals surface area contributed by atoms with Crippen molar-refractivity contribution in [3.63, 3.8) is 0 Å². The summed E-state index contributed by atoms with van der Waals surface area (Å²) < 4.78 is 12.5. The number of hydrogen-bond donors (Lipinski definition) is 2. The zero-order valence-electron chi connectivity index (χ0n) is 14.1. The Bertz CT molecular complexity index is 731. The van der Waals surface area contributed by atoms with Gasteiger partial charge in [-0.05, 0) is 30.7 Å². The van der Waals surface area contributed by atoms with Gasteiger partial charge in [0.2, 0.25) is 6.79 Å². The topological polar surface area (TPSA) is 88.9 Å². The fourth-order valence-electron chi connectivity index (χ4n) is 2.67. The summed E-state index contributed by atoms with van der Waals surface area (Å²) in [6.45, 7) is 2.39. The number of aromatic nitrogens is 2. The summed E-state index contributed by atoms with van der Waals surface area (Å²) in [6, 6.07) is 5.51. The molecule has 1 amide bonds. The number of carbonyl (C=O) groups is 1. The molecule has 2 heterocycles. The second kappa shape index (κ2) is 7.89. The van der Waals surface area contributed by atoms with Crippen molar-refractivity contribution >= 4 is 6.09 Å². The fraction of sp³-hybridized carbons (Fsp3) is 0.412. The molecular weight excluding hydrogens is 324 g/mol. The quantitative estimate of drug-likeness (QED) is 0.709. The van der Waals surface area contributed by atoms with Crippen LogP contribution in [0.1, 0.15) is 17.7 Å². The van der Waals surface area contributed by atoms with Gasteiger partial charge in [-0.1, -0.05) is 6.07 Å². The van der Waals surface area contributed by atoms with Crippen molar-refractivity contribution in [2.75, 3.05) is 19.9 Å². The number of ether oxygens (including phenoxy) is 2. The molecule has 3 rings (SSSR count). The van der Waals surface area contributed by atoms with Gasteiger partial charge in [0.1, 0.15) is 0 Å². The number of amides is 1. The number of benzene rings is 1. The lowest BCUT2D eigenvalue weighted by Crippen LogP contribution is -2.31. The Balaban J connectivity index is 1.44. The lowest BCUT2D eigenvalue weighted by Gasteiger charge is -2.19. The van der Waals surface area contributed by atoms with Crippen LogP contribution in [0.4, 0.5) is 4.79 Å². The van der Waals surface area contributed by atoms with Gasteiger partial charge in [0, 0.05) is 32.9 Å². The highest BCUT2D eigenvalue weighted by molar-refractivity contribution is 5.65. The Morgan fingerprint density at radius 1 is 1.40 bits per heavy atom. The van der Waals surface area contributed by atoms with Crippen molar-refractivity contribution in [1.29, 1.82) is 0 Å². The third-order valence-electron chi connectivity index (χ3n) is 3.93. The van der Waals surface area contributed by atoms with E-state index in [2.05, 4.69) is 10.3 Å². The molecule has 0 radical (unpaired) electrons. The molecule has 134 valence electrons. The van der Waals surface area contributed by atoms with E-state index >= 15 is 0 Å². The Hall–Kier alpha value is -2.74. The van der Waals surface area contributed by atoms with E-state index in [1.807, 2.05) is 36.0 Å². The van der Waals surface area contributed by atoms with E-state index < -0.39 is 6.09 Å². The molecule has 0 fully saturated rings. The number of rotatable bonds is 8. The molecule has 8 heteroatoms. The first-order valence-electron chi connectivity index (χ1n) is 8.16. The lowest BCUT2D eigenvalue weighted by molar-refractivity contribution is 0.141. The van der Waals surface area contributed by atoms with Crippen LogP contribution in [0.25, 0.3) is 0 Å². The first kappa shape index (κ1) is 17.1. The maximum Gasteiger partial charge on any atom is 0.407 e. The van der Waals surface area contributed by atoms with E-state index in [1.54, 1.807) is 6.33 Å². The standard InChI is InChI=1S/C17H22N4O4/c1-20-10-14(19-11-20)8-18-5-2-6-21(17(22)23)9-13-3-4-15-16(7-13)25-12-24-15/h3-4,7,10-11,18H,2,5-6,8-9,12H2,1H3,(H,22,23). The molecular formula is C17H22N4O4. The van der Waals surface area contributed by atoms with Crippen LogP contribution in [-0.4, -0.2) is 45.5 Å². The van der Waals surface area contributed by atoms with Crippen molar-refractivity contribution in [2.24, 2.45) is 7.05 Å². The molecule has 0 bridgehead atoms. The van der Waals surface area contributed by atoms with Crippen molar-refractivity contribution < 1.29 is 19.4 Å². The van der Waals surface area contributed by atoms with Gasteiger partial charge in [0.15, 0.2) is 11.5 Å². The Kier molecular flexibility index (Phi) is 5.39. The van der Waals surface area contributed by atoms with Gasteiger partial charge in [-0.3, -0.25) is 0 Å². The maximum absolute atomic E-state index is 11.5. The molecule has 2 N–H and O–H groups in total. The monoisotopic (exact) mass is 346 g/mol. The molecule has 1 aromatic heterocycles. The van der Waals surface area contributed by atoms with Crippen LogP contribution in [0.15, 0.2) is 30.7 Å². The second-order valence-corrected chi connectivity index (χ2v) is 5.95. The zero-order chi connectivity index (χ0) is 17.6. The molecule has 0 aliphatic carbocycles. The van der Waals surface area contributed by atoms with Crippen LogP contribution in [0.2, 0.25) is 0 Å². The van der Waals surface area contributed by atoms with Crippen LogP contribution < -0.4 is 14.8 Å². The van der Waals surface area contributed by atoms with Gasteiger partial charge >= 0.3 is 6.09 Å². The van der Waals surface area contributed by atoms with Gasteiger partial charge in [-0.2, -0.15) is 0 Å². The summed E-state index contributed by atoms with van der Waals surface area (Å²) >= 11 is 0. The third kappa shape index (κ3) is 4.63. The average molecular weight is 346 g/mol. The maximum atomic E-state index is 11.5. The molecule has 25 heavy (non-hydrogen) atoms. The number of aryl methyl sites for hydroxylation is 1. The first-order chi connectivity index (χ1) is 12.1. The molecule has 8 nitrogen and oxygen atoms in total. The molecule has 1 aliphatic heterocycles. The minimum Gasteiger partial charge on any atom is -0.465 e. The largest absolute Gasteiger partial charge is 0.465 e. The van der Waals surface area contributed by atoms with Crippen LogP contribution in [-0.2, 0) is 20.1 Å². The lowest BCUT2D eigenvalue weighted by atomic mass is 10.2. The average Bonchev–Trinajstić information content (AvgIpc) is 3.21. The van der Waals surface area contributed by atoms with Crippen molar-refractivity contribution in [3.8, 4) is 11.5 Å². The highest BCUT2D eigenvalue weighted by Gasteiger charge is 2.16. The summed E-state index contributed by atoms with van der Waals surface area (Å²) in [5.41, 5.74) is 1.85. The SMILES string of the molecule is Cn1cnc(CNCCCN(Cc2ccc3c(c2)OCO3)C(=O)O)c1. The highest BCUT2D eigenvalue weighted by Crippen LogP contribution is 2.32. The van der Waals surface area contributed by atoms with Crippen molar-refractivity contribution in [3.05, 3.63) is 42.0 Å². The van der Waals surface area contributed by atoms with E-state index in [1.165, 1.54) is 4.90 Å². The van der Waals surface area contributed by atoms with Gasteiger partial charge < -0.3 is 29.4 Å². The molecule has 0 atom stereocenters. The molecule has 0 saturated carbocycles.